The molecule has 1 N–H and O–H groups in total. The lowest BCUT2D eigenvalue weighted by molar-refractivity contribution is -0.126. The second-order valence-electron chi connectivity index (χ2n) is 6.54. The quantitative estimate of drug-likeness (QED) is 0.696. The van der Waals surface area contributed by atoms with E-state index in [0.29, 0.717) is 19.6 Å². The summed E-state index contributed by atoms with van der Waals surface area (Å²) < 4.78 is 25.4. The van der Waals surface area contributed by atoms with Crippen molar-refractivity contribution in [1.29, 1.82) is 0 Å². The number of carbonyl (C=O) groups excluding carboxylic acids is 1. The van der Waals surface area contributed by atoms with Gasteiger partial charge < -0.3 is 5.32 Å². The SMILES string of the molecule is O=C(NCc1cn2ccsc2n1)C(c1ccccc1)N1CCS(=O)(=O)CC1. The minimum atomic E-state index is -3.01. The second kappa shape index (κ2) is 7.41. The Balaban J connectivity index is 1.50. The van der Waals surface area contributed by atoms with E-state index in [2.05, 4.69) is 10.3 Å². The normalized spacial score (nSPS) is 18.4. The summed E-state index contributed by atoms with van der Waals surface area (Å²) in [6.07, 6.45) is 3.83. The summed E-state index contributed by atoms with van der Waals surface area (Å²) in [6.45, 7) is 1.05. The predicted molar refractivity (Wildman–Crippen MR) is 104 cm³/mol. The van der Waals surface area contributed by atoms with Crippen LogP contribution in [-0.4, -0.2) is 53.2 Å². The Labute approximate surface area is 161 Å². The second-order valence-corrected chi connectivity index (χ2v) is 9.72. The first kappa shape index (κ1) is 18.1. The fourth-order valence-electron chi connectivity index (χ4n) is 3.28. The van der Waals surface area contributed by atoms with E-state index in [1.807, 2.05) is 57.4 Å². The molecule has 1 atom stereocenters. The van der Waals surface area contributed by atoms with Crippen LogP contribution in [0.25, 0.3) is 4.96 Å². The number of hydrogen-bond donors (Lipinski definition) is 1. The number of benzene rings is 1. The number of nitrogens with zero attached hydrogens (tertiary/aromatic N) is 3. The Bertz CT molecular complexity index is 1000. The fourth-order valence-corrected chi connectivity index (χ4v) is 5.23. The van der Waals surface area contributed by atoms with Crippen molar-refractivity contribution < 1.29 is 13.2 Å². The molecule has 0 spiro atoms. The summed E-state index contributed by atoms with van der Waals surface area (Å²) in [5.74, 6) is 0.0267. The van der Waals surface area contributed by atoms with Crippen molar-refractivity contribution >= 4 is 32.0 Å². The highest BCUT2D eigenvalue weighted by Gasteiger charge is 2.32. The minimum absolute atomic E-state index is 0.0843. The van der Waals surface area contributed by atoms with Crippen LogP contribution < -0.4 is 5.32 Å². The molecule has 1 fully saturated rings. The molecule has 0 bridgehead atoms. The van der Waals surface area contributed by atoms with Gasteiger partial charge >= 0.3 is 0 Å². The third-order valence-corrected chi connectivity index (χ3v) is 7.07. The number of amides is 1. The smallest absolute Gasteiger partial charge is 0.242 e. The lowest BCUT2D eigenvalue weighted by Crippen LogP contribution is -2.47. The summed E-state index contributed by atoms with van der Waals surface area (Å²) in [4.78, 5) is 20.3. The van der Waals surface area contributed by atoms with Gasteiger partial charge in [0.2, 0.25) is 5.91 Å². The van der Waals surface area contributed by atoms with Gasteiger partial charge in [0.15, 0.2) is 14.8 Å². The Hall–Kier alpha value is -2.23. The fraction of sp³-hybridized carbons (Fsp3) is 0.333. The van der Waals surface area contributed by atoms with Crippen LogP contribution in [0.1, 0.15) is 17.3 Å². The molecule has 0 aliphatic carbocycles. The zero-order chi connectivity index (χ0) is 18.9. The van der Waals surface area contributed by atoms with Crippen LogP contribution in [-0.2, 0) is 21.2 Å². The van der Waals surface area contributed by atoms with E-state index in [0.717, 1.165) is 16.2 Å². The van der Waals surface area contributed by atoms with Crippen LogP contribution in [0.2, 0.25) is 0 Å². The van der Waals surface area contributed by atoms with Crippen LogP contribution in [0.5, 0.6) is 0 Å². The Kier molecular flexibility index (Phi) is 4.98. The highest BCUT2D eigenvalue weighted by Crippen LogP contribution is 2.23. The third kappa shape index (κ3) is 4.05. The molecule has 1 unspecified atom stereocenters. The number of nitrogens with one attached hydrogen (secondary N) is 1. The van der Waals surface area contributed by atoms with Crippen molar-refractivity contribution in [3.63, 3.8) is 0 Å². The molecule has 1 amide bonds. The molecule has 27 heavy (non-hydrogen) atoms. The molecule has 0 saturated carbocycles. The molecule has 3 heterocycles. The number of fused-ring (bicyclic) bond motifs is 1. The molecule has 142 valence electrons. The zero-order valence-electron chi connectivity index (χ0n) is 14.6. The monoisotopic (exact) mass is 404 g/mol. The van der Waals surface area contributed by atoms with Gasteiger partial charge in [0, 0.05) is 30.9 Å². The minimum Gasteiger partial charge on any atom is -0.349 e. The van der Waals surface area contributed by atoms with Gasteiger partial charge in [-0.2, -0.15) is 0 Å². The number of imidazole rings is 1. The number of thiazole rings is 1. The molecule has 9 heteroatoms. The highest BCUT2D eigenvalue weighted by atomic mass is 32.2. The van der Waals surface area contributed by atoms with E-state index in [1.165, 1.54) is 0 Å². The summed E-state index contributed by atoms with van der Waals surface area (Å²) in [5.41, 5.74) is 1.66. The first-order valence-corrected chi connectivity index (χ1v) is 11.4. The van der Waals surface area contributed by atoms with Crippen LogP contribution >= 0.6 is 11.3 Å². The summed E-state index contributed by atoms with van der Waals surface area (Å²) in [7, 11) is -3.01. The number of carbonyl (C=O) groups is 1. The largest absolute Gasteiger partial charge is 0.349 e. The van der Waals surface area contributed by atoms with Gasteiger partial charge in [-0.05, 0) is 5.56 Å². The highest BCUT2D eigenvalue weighted by molar-refractivity contribution is 7.91. The summed E-state index contributed by atoms with van der Waals surface area (Å²) in [6, 6.07) is 8.97. The molecule has 3 aromatic rings. The van der Waals surface area contributed by atoms with Gasteiger partial charge in [0.25, 0.3) is 0 Å². The molecule has 2 aromatic heterocycles. The van der Waals surface area contributed by atoms with E-state index in [4.69, 9.17) is 0 Å². The van der Waals surface area contributed by atoms with Crippen LogP contribution in [0, 0.1) is 0 Å². The molecule has 4 rings (SSSR count). The number of hydrogen-bond acceptors (Lipinski definition) is 6. The van der Waals surface area contributed by atoms with Crippen molar-refractivity contribution in [3.05, 3.63) is 59.4 Å². The lowest BCUT2D eigenvalue weighted by Gasteiger charge is -2.33. The van der Waals surface area contributed by atoms with Crippen molar-refractivity contribution in [2.75, 3.05) is 24.6 Å². The molecule has 1 saturated heterocycles. The molecular formula is C18H20N4O3S2. The predicted octanol–water partition coefficient (Wildman–Crippen LogP) is 1.48. The van der Waals surface area contributed by atoms with E-state index >= 15 is 0 Å². The van der Waals surface area contributed by atoms with Crippen LogP contribution in [0.3, 0.4) is 0 Å². The Morgan fingerprint density at radius 2 is 1.96 bits per heavy atom. The molecule has 7 nitrogen and oxygen atoms in total. The van der Waals surface area contributed by atoms with E-state index in [-0.39, 0.29) is 17.4 Å². The van der Waals surface area contributed by atoms with E-state index in [1.54, 1.807) is 11.3 Å². The Morgan fingerprint density at radius 3 is 2.67 bits per heavy atom. The number of sulfone groups is 1. The van der Waals surface area contributed by atoms with E-state index in [9.17, 15) is 13.2 Å². The van der Waals surface area contributed by atoms with Crippen LogP contribution in [0.4, 0.5) is 0 Å². The summed E-state index contributed by atoms with van der Waals surface area (Å²) >= 11 is 1.54. The summed E-state index contributed by atoms with van der Waals surface area (Å²) in [5, 5.41) is 4.92. The maximum absolute atomic E-state index is 13.0. The van der Waals surface area contributed by atoms with Crippen LogP contribution in [0.15, 0.2) is 48.1 Å². The third-order valence-electron chi connectivity index (χ3n) is 4.69. The first-order valence-electron chi connectivity index (χ1n) is 8.70. The van der Waals surface area contributed by atoms with Gasteiger partial charge in [0.05, 0.1) is 23.7 Å². The molecular weight excluding hydrogens is 384 g/mol. The number of aromatic nitrogens is 2. The average Bonchev–Trinajstić information content (AvgIpc) is 3.24. The van der Waals surface area contributed by atoms with Gasteiger partial charge in [-0.15, -0.1) is 11.3 Å². The van der Waals surface area contributed by atoms with Crippen molar-refractivity contribution in [3.8, 4) is 0 Å². The maximum atomic E-state index is 13.0. The Morgan fingerprint density at radius 1 is 1.22 bits per heavy atom. The maximum Gasteiger partial charge on any atom is 0.242 e. The first-order chi connectivity index (χ1) is 13.0. The van der Waals surface area contributed by atoms with Gasteiger partial charge in [-0.25, -0.2) is 13.4 Å². The van der Waals surface area contributed by atoms with Crippen molar-refractivity contribution in [2.24, 2.45) is 0 Å². The van der Waals surface area contributed by atoms with Gasteiger partial charge in [-0.3, -0.25) is 14.1 Å². The molecule has 1 aliphatic heterocycles. The molecule has 0 radical (unpaired) electrons. The topological polar surface area (TPSA) is 83.8 Å². The standard InChI is InChI=1S/C18H20N4O3S2/c23-17(19-12-15-13-22-6-9-26-18(22)20-15)16(14-4-2-1-3-5-14)21-7-10-27(24,25)11-8-21/h1-6,9,13,16H,7-8,10-12H2,(H,19,23). The number of rotatable bonds is 5. The van der Waals surface area contributed by atoms with Gasteiger partial charge in [0.1, 0.15) is 6.04 Å². The molecule has 1 aromatic carbocycles. The molecule has 1 aliphatic rings. The lowest BCUT2D eigenvalue weighted by atomic mass is 10.0. The average molecular weight is 405 g/mol. The van der Waals surface area contributed by atoms with E-state index < -0.39 is 15.9 Å². The van der Waals surface area contributed by atoms with Crippen molar-refractivity contribution in [2.45, 2.75) is 12.6 Å². The van der Waals surface area contributed by atoms with Crippen molar-refractivity contribution in [1.82, 2.24) is 19.6 Å². The van der Waals surface area contributed by atoms with Gasteiger partial charge in [-0.1, -0.05) is 30.3 Å². The zero-order valence-corrected chi connectivity index (χ0v) is 16.2.